The molecule has 0 amide bonds. The van der Waals surface area contributed by atoms with Gasteiger partial charge in [-0.2, -0.15) is 0 Å². The molecule has 11 aromatic rings. The van der Waals surface area contributed by atoms with Gasteiger partial charge in [-0.15, -0.1) is 0 Å². The van der Waals surface area contributed by atoms with Crippen LogP contribution in [0, 0.1) is 12.7 Å². The molecule has 0 atom stereocenters. The van der Waals surface area contributed by atoms with E-state index in [1.807, 2.05) is 18.3 Å². The number of halogens is 1. The average Bonchev–Trinajstić information content (AvgIpc) is 3.97. The number of pyridine rings is 1. The minimum Gasteiger partial charge on any atom is -0.457 e. The van der Waals surface area contributed by atoms with Crippen molar-refractivity contribution in [2.45, 2.75) is 46.5 Å². The van der Waals surface area contributed by atoms with E-state index in [0.29, 0.717) is 6.67 Å². The van der Waals surface area contributed by atoms with E-state index in [9.17, 15) is 4.39 Å². The predicted octanol–water partition coefficient (Wildman–Crippen LogP) is 18.6. The van der Waals surface area contributed by atoms with Crippen LogP contribution in [0.15, 0.2) is 219 Å². The summed E-state index contributed by atoms with van der Waals surface area (Å²) in [5, 5.41) is 2.29. The normalized spacial score (nSPS) is 12.4. The first-order valence-corrected chi connectivity index (χ1v) is 25.3. The molecule has 0 spiro atoms. The Labute approximate surface area is 427 Å². The summed E-state index contributed by atoms with van der Waals surface area (Å²) >= 11 is 0. The van der Waals surface area contributed by atoms with Crippen LogP contribution in [0.3, 0.4) is 0 Å². The monoisotopic (exact) mass is 950 g/mol. The zero-order valence-electron chi connectivity index (χ0n) is 41.7. The van der Waals surface area contributed by atoms with Crippen molar-refractivity contribution in [3.8, 4) is 61.8 Å². The van der Waals surface area contributed by atoms with Crippen molar-refractivity contribution in [2.75, 3.05) is 16.5 Å². The molecule has 0 aliphatic carbocycles. The van der Waals surface area contributed by atoms with Crippen molar-refractivity contribution in [1.29, 1.82) is 0 Å². The van der Waals surface area contributed by atoms with Crippen LogP contribution >= 0.6 is 0 Å². The maximum atomic E-state index is 14.7. The van der Waals surface area contributed by atoms with E-state index in [1.54, 1.807) is 12.1 Å². The summed E-state index contributed by atoms with van der Waals surface area (Å²) in [4.78, 5) is 9.76. The molecule has 0 N–H and O–H groups in total. The number of para-hydroxylation sites is 3. The van der Waals surface area contributed by atoms with Crippen molar-refractivity contribution < 1.29 is 9.13 Å². The molecule has 0 bridgehead atoms. The van der Waals surface area contributed by atoms with E-state index in [4.69, 9.17) is 9.72 Å². The Balaban J connectivity index is 1.03. The molecule has 0 unspecified atom stereocenters. The van der Waals surface area contributed by atoms with Crippen LogP contribution in [0.1, 0.15) is 56.2 Å². The van der Waals surface area contributed by atoms with Gasteiger partial charge in [-0.25, -0.2) is 9.37 Å². The van der Waals surface area contributed by atoms with Crippen molar-refractivity contribution in [2.24, 2.45) is 0 Å². The first-order valence-electron chi connectivity index (χ1n) is 25.3. The van der Waals surface area contributed by atoms with Crippen LogP contribution in [-0.4, -0.2) is 16.2 Å². The van der Waals surface area contributed by atoms with Gasteiger partial charge >= 0.3 is 0 Å². The lowest BCUT2D eigenvalue weighted by atomic mass is 9.87. The molecular formula is C67H55FN4O. The lowest BCUT2D eigenvalue weighted by molar-refractivity contribution is 0.483. The molecule has 0 saturated heterocycles. The van der Waals surface area contributed by atoms with Gasteiger partial charge in [0, 0.05) is 40.5 Å². The van der Waals surface area contributed by atoms with E-state index in [2.05, 4.69) is 231 Å². The quantitative estimate of drug-likeness (QED) is 0.129. The number of anilines is 4. The molecular weight excluding hydrogens is 896 g/mol. The molecule has 0 fully saturated rings. The van der Waals surface area contributed by atoms with Crippen molar-refractivity contribution in [3.05, 3.63) is 241 Å². The van der Waals surface area contributed by atoms with Crippen LogP contribution in [0.25, 0.3) is 72.1 Å². The van der Waals surface area contributed by atoms with Crippen LogP contribution in [-0.2, 0) is 0 Å². The van der Waals surface area contributed by atoms with Crippen molar-refractivity contribution in [1.82, 2.24) is 9.55 Å². The lowest BCUT2D eigenvalue weighted by Gasteiger charge is -2.30. The molecule has 6 heteroatoms. The molecule has 1 aliphatic rings. The highest BCUT2D eigenvalue weighted by atomic mass is 19.1. The number of fused-ring (bicyclic) bond motifs is 4. The largest absolute Gasteiger partial charge is 0.457 e. The molecule has 12 rings (SSSR count). The van der Waals surface area contributed by atoms with Crippen LogP contribution < -0.4 is 14.5 Å². The van der Waals surface area contributed by atoms with Crippen LogP contribution in [0.5, 0.6) is 11.5 Å². The first-order chi connectivity index (χ1) is 35.6. The summed E-state index contributed by atoms with van der Waals surface area (Å²) in [6.45, 7) is 11.7. The Morgan fingerprint density at radius 1 is 0.452 bits per heavy atom. The predicted molar refractivity (Wildman–Crippen MR) is 302 cm³/mol. The Bertz CT molecular complexity index is 3770. The van der Waals surface area contributed by atoms with Crippen molar-refractivity contribution >= 4 is 44.6 Å². The summed E-state index contributed by atoms with van der Waals surface area (Å²) in [6.07, 6.45) is 1.88. The third-order valence-corrected chi connectivity index (χ3v) is 14.3. The zero-order chi connectivity index (χ0) is 49.7. The van der Waals surface area contributed by atoms with Gasteiger partial charge in [-0.3, -0.25) is 4.57 Å². The van der Waals surface area contributed by atoms with Gasteiger partial charge in [0.05, 0.1) is 22.4 Å². The summed E-state index contributed by atoms with van der Waals surface area (Å²) in [5.74, 6) is 2.45. The summed E-state index contributed by atoms with van der Waals surface area (Å²) in [7, 11) is 0. The third-order valence-electron chi connectivity index (χ3n) is 14.3. The molecule has 0 radical (unpaired) electrons. The minimum atomic E-state index is -0.236. The average molecular weight is 951 g/mol. The molecule has 2 aromatic heterocycles. The summed E-state index contributed by atoms with van der Waals surface area (Å²) < 4.78 is 24.1. The SMILES string of the molecule is Cc1ccnc(-n2c3ccccc3c3ccc(Oc4cc(-c5cc(-c6ccccc6)cc(-c6ccccc6)c5)cc(N5CN(c6c(C(C)C)cc(-c7cccc(F)c7)cc6C(C)C)c6ccccc65)c4)cc32)c1. The van der Waals surface area contributed by atoms with E-state index in [-0.39, 0.29) is 17.7 Å². The minimum absolute atomic E-state index is 0.194. The third kappa shape index (κ3) is 8.59. The first kappa shape index (κ1) is 45.4. The van der Waals surface area contributed by atoms with Crippen molar-refractivity contribution in [3.63, 3.8) is 0 Å². The number of rotatable bonds is 11. The fraction of sp³-hybridized carbons (Fsp3) is 0.119. The van der Waals surface area contributed by atoms with Gasteiger partial charge in [0.2, 0.25) is 0 Å². The van der Waals surface area contributed by atoms with Crippen LogP contribution in [0.2, 0.25) is 0 Å². The maximum absolute atomic E-state index is 14.7. The van der Waals surface area contributed by atoms with Gasteiger partial charge in [-0.05, 0) is 177 Å². The zero-order valence-corrected chi connectivity index (χ0v) is 41.7. The Hall–Kier alpha value is -8.74. The molecule has 356 valence electrons. The highest BCUT2D eigenvalue weighted by Gasteiger charge is 2.33. The molecule has 3 heterocycles. The fourth-order valence-corrected chi connectivity index (χ4v) is 10.7. The number of hydrogen-bond acceptors (Lipinski definition) is 4. The van der Waals surface area contributed by atoms with E-state index >= 15 is 0 Å². The number of aryl methyl sites for hydroxylation is 1. The second kappa shape index (κ2) is 18.8. The Kier molecular flexibility index (Phi) is 11.7. The van der Waals surface area contributed by atoms with Gasteiger partial charge in [-0.1, -0.05) is 131 Å². The summed E-state index contributed by atoms with van der Waals surface area (Å²) in [5.41, 5.74) is 18.7. The van der Waals surface area contributed by atoms with Crippen LogP contribution in [0.4, 0.5) is 27.1 Å². The standard InChI is InChI=1S/C67H55FN4O/c1-43(2)60-38-53(48-21-16-22-54(68)35-48)39-61(44(3)4)67(60)71-42-70(63-25-14-15-26-64(63)71)55-36-52(51-33-49(46-17-8-6-9-18-46)32-50(34-51)47-19-10-7-11-20-47)37-57(40-55)73-56-27-28-59-58-23-12-13-24-62(58)72(65(59)41-56)66-31-45(5)29-30-69-66/h6-41,43-44H,42H2,1-5H3. The topological polar surface area (TPSA) is 33.5 Å². The van der Waals surface area contributed by atoms with Gasteiger partial charge in [0.1, 0.15) is 29.8 Å². The van der Waals surface area contributed by atoms with Gasteiger partial charge in [0.15, 0.2) is 0 Å². The molecule has 9 aromatic carbocycles. The van der Waals surface area contributed by atoms with E-state index in [1.165, 1.54) is 22.9 Å². The maximum Gasteiger partial charge on any atom is 0.137 e. The molecule has 73 heavy (non-hydrogen) atoms. The number of ether oxygens (including phenoxy) is 1. The molecule has 1 aliphatic heterocycles. The highest BCUT2D eigenvalue weighted by Crippen LogP contribution is 2.51. The molecule has 5 nitrogen and oxygen atoms in total. The Morgan fingerprint density at radius 2 is 1.03 bits per heavy atom. The van der Waals surface area contributed by atoms with Gasteiger partial charge in [0.25, 0.3) is 0 Å². The highest BCUT2D eigenvalue weighted by molar-refractivity contribution is 6.09. The number of benzene rings is 9. The smallest absolute Gasteiger partial charge is 0.137 e. The van der Waals surface area contributed by atoms with E-state index in [0.717, 1.165) is 106 Å². The van der Waals surface area contributed by atoms with E-state index < -0.39 is 0 Å². The lowest BCUT2D eigenvalue weighted by Crippen LogP contribution is -2.26. The molecule has 0 saturated carbocycles. The second-order valence-corrected chi connectivity index (χ2v) is 19.9. The number of nitrogens with zero attached hydrogens (tertiary/aromatic N) is 4. The summed E-state index contributed by atoms with van der Waals surface area (Å²) in [6, 6.07) is 74.1. The second-order valence-electron chi connectivity index (χ2n) is 19.9. The fourth-order valence-electron chi connectivity index (χ4n) is 10.7. The Morgan fingerprint density at radius 3 is 1.68 bits per heavy atom. The van der Waals surface area contributed by atoms with Gasteiger partial charge < -0.3 is 14.5 Å². The number of hydrogen-bond donors (Lipinski definition) is 0. The number of aromatic nitrogens is 2.